The average Bonchev–Trinajstić information content (AvgIpc) is 2.98. The van der Waals surface area contributed by atoms with Gasteiger partial charge in [-0.1, -0.05) is 54.6 Å². The van der Waals surface area contributed by atoms with E-state index < -0.39 is 21.6 Å². The molecule has 38 heavy (non-hydrogen) atoms. The Morgan fingerprint density at radius 2 is 0.763 bits per heavy atom. The molecule has 0 aromatic heterocycles. The van der Waals surface area contributed by atoms with Crippen molar-refractivity contribution in [2.24, 2.45) is 0 Å². The van der Waals surface area contributed by atoms with Gasteiger partial charge in [-0.3, -0.25) is 9.59 Å². The van der Waals surface area contributed by atoms with Gasteiger partial charge in [0.25, 0.3) is 0 Å². The van der Waals surface area contributed by atoms with E-state index >= 15 is 0 Å². The molecule has 182 valence electrons. The summed E-state index contributed by atoms with van der Waals surface area (Å²) in [5.41, 5.74) is 5.38. The highest BCUT2D eigenvalue weighted by atomic mass is 32.2. The highest BCUT2D eigenvalue weighted by Crippen LogP contribution is 2.37. The fraction of sp³-hybridized carbons (Fsp3) is 0. The second-order valence-electron chi connectivity index (χ2n) is 9.19. The van der Waals surface area contributed by atoms with Crippen molar-refractivity contribution in [3.05, 3.63) is 131 Å². The summed E-state index contributed by atoms with van der Waals surface area (Å²) in [6.45, 7) is 0. The van der Waals surface area contributed by atoms with Gasteiger partial charge in [0.2, 0.25) is 0 Å². The number of carbonyl (C=O) groups is 2. The molecule has 0 radical (unpaired) electrons. The van der Waals surface area contributed by atoms with Gasteiger partial charge in [0, 0.05) is 22.3 Å². The zero-order valence-electron chi connectivity index (χ0n) is 19.8. The van der Waals surface area contributed by atoms with Crippen LogP contribution in [0.4, 0.5) is 0 Å². The highest BCUT2D eigenvalue weighted by Gasteiger charge is 2.30. The predicted molar refractivity (Wildman–Crippen MR) is 146 cm³/mol. The number of hydrogen-bond donors (Lipinski definition) is 0. The molecule has 2 unspecified atom stereocenters. The Bertz CT molecular complexity index is 1770. The summed E-state index contributed by atoms with van der Waals surface area (Å²) in [6, 6.07) is 32.8. The molecule has 2 aliphatic heterocycles. The second-order valence-corrected chi connectivity index (χ2v) is 12.0. The lowest BCUT2D eigenvalue weighted by Crippen LogP contribution is -2.16. The minimum atomic E-state index is -1.45. The van der Waals surface area contributed by atoms with Gasteiger partial charge in [0.15, 0.2) is 11.6 Å². The van der Waals surface area contributed by atoms with Crippen molar-refractivity contribution < 1.29 is 18.0 Å². The molecule has 5 aromatic carbocycles. The monoisotopic (exact) mass is 530 g/mol. The first-order valence-corrected chi connectivity index (χ1v) is 14.3. The Kier molecular flexibility index (Phi) is 5.21. The van der Waals surface area contributed by atoms with Gasteiger partial charge in [0.05, 0.1) is 41.2 Å². The van der Waals surface area contributed by atoms with E-state index in [2.05, 4.69) is 0 Å². The number of hydrogen-bond acceptors (Lipinski definition) is 4. The van der Waals surface area contributed by atoms with Crippen LogP contribution in [0.3, 0.4) is 0 Å². The average molecular weight is 531 g/mol. The number of rotatable bonds is 2. The van der Waals surface area contributed by atoms with Crippen LogP contribution in [0.2, 0.25) is 0 Å². The summed E-state index contributed by atoms with van der Waals surface area (Å²) in [5.74, 6) is -0.234. The standard InChI is InChI=1S/C32H18O4S2/c33-31-23-8-1-3-10-27(23)37(35)29-17-21(12-14-25(29)31)19-6-5-7-20(16-19)22-13-15-26-30(18-22)38(36)28-11-4-2-9-24(28)32(26)34/h1-18H. The Labute approximate surface area is 223 Å². The van der Waals surface area contributed by atoms with Crippen molar-refractivity contribution >= 4 is 33.2 Å². The number of fused-ring (bicyclic) bond motifs is 4. The largest absolute Gasteiger partial charge is 0.289 e. The van der Waals surface area contributed by atoms with Gasteiger partial charge >= 0.3 is 0 Å². The summed E-state index contributed by atoms with van der Waals surface area (Å²) >= 11 is 0. The molecular weight excluding hydrogens is 512 g/mol. The molecule has 2 aliphatic rings. The molecule has 0 saturated heterocycles. The van der Waals surface area contributed by atoms with Gasteiger partial charge in [-0.2, -0.15) is 0 Å². The van der Waals surface area contributed by atoms with Crippen molar-refractivity contribution in [2.75, 3.05) is 0 Å². The van der Waals surface area contributed by atoms with E-state index in [4.69, 9.17) is 0 Å². The molecule has 2 atom stereocenters. The Morgan fingerprint density at radius 1 is 0.368 bits per heavy atom. The van der Waals surface area contributed by atoms with Crippen LogP contribution in [0.15, 0.2) is 129 Å². The summed E-state index contributed by atoms with van der Waals surface area (Å²) in [6.07, 6.45) is 0. The van der Waals surface area contributed by atoms with Crippen LogP contribution < -0.4 is 0 Å². The summed E-state index contributed by atoms with van der Waals surface area (Å²) in [5, 5.41) is 0. The van der Waals surface area contributed by atoms with Crippen molar-refractivity contribution in [1.29, 1.82) is 0 Å². The smallest absolute Gasteiger partial charge is 0.195 e. The number of benzene rings is 5. The molecule has 0 amide bonds. The molecule has 7 rings (SSSR count). The van der Waals surface area contributed by atoms with Crippen LogP contribution in [-0.4, -0.2) is 20.0 Å². The van der Waals surface area contributed by atoms with Crippen molar-refractivity contribution in [3.63, 3.8) is 0 Å². The third-order valence-electron chi connectivity index (χ3n) is 7.04. The first kappa shape index (κ1) is 22.9. The van der Waals surface area contributed by atoms with E-state index in [9.17, 15) is 18.0 Å². The lowest BCUT2D eigenvalue weighted by atomic mass is 9.95. The molecule has 4 nitrogen and oxygen atoms in total. The first-order valence-electron chi connectivity index (χ1n) is 12.0. The van der Waals surface area contributed by atoms with E-state index in [0.717, 1.165) is 22.3 Å². The summed E-state index contributed by atoms with van der Waals surface area (Å²) < 4.78 is 26.6. The maximum absolute atomic E-state index is 13.3. The van der Waals surface area contributed by atoms with E-state index in [1.165, 1.54) is 0 Å². The molecule has 0 bridgehead atoms. The number of carbonyl (C=O) groups excluding carboxylic acids is 2. The minimum Gasteiger partial charge on any atom is -0.289 e. The molecular formula is C32H18O4S2. The van der Waals surface area contributed by atoms with Gasteiger partial charge in [-0.25, -0.2) is 8.42 Å². The Balaban J connectivity index is 1.28. The molecule has 5 aromatic rings. The molecule has 0 spiro atoms. The van der Waals surface area contributed by atoms with Crippen molar-refractivity contribution in [3.8, 4) is 22.3 Å². The highest BCUT2D eigenvalue weighted by molar-refractivity contribution is 7.85. The molecule has 0 N–H and O–H groups in total. The van der Waals surface area contributed by atoms with E-state index in [1.807, 2.05) is 48.5 Å². The SMILES string of the molecule is O=C1c2ccccc2S(=O)c2cc(-c3cccc(-c4ccc5c(c4)S(=O)c4ccccc4C5=O)c3)ccc21. The van der Waals surface area contributed by atoms with Crippen molar-refractivity contribution in [1.82, 2.24) is 0 Å². The van der Waals surface area contributed by atoms with Gasteiger partial charge in [-0.15, -0.1) is 0 Å². The quantitative estimate of drug-likeness (QED) is 0.258. The lowest BCUT2D eigenvalue weighted by molar-refractivity contribution is 0.102. The Hall–Kier alpha value is -4.26. The lowest BCUT2D eigenvalue weighted by Gasteiger charge is -2.19. The fourth-order valence-corrected chi connectivity index (χ4v) is 7.91. The zero-order chi connectivity index (χ0) is 26.0. The molecule has 6 heteroatoms. The first-order chi connectivity index (χ1) is 18.5. The predicted octanol–water partition coefficient (Wildman–Crippen LogP) is 6.44. The third-order valence-corrected chi connectivity index (χ3v) is 10.0. The minimum absolute atomic E-state index is 0.117. The normalized spacial score (nSPS) is 17.3. The summed E-state index contributed by atoms with van der Waals surface area (Å²) in [4.78, 5) is 28.1. The van der Waals surface area contributed by atoms with Crippen LogP contribution in [0.25, 0.3) is 22.3 Å². The van der Waals surface area contributed by atoms with E-state index in [1.54, 1.807) is 60.7 Å². The van der Waals surface area contributed by atoms with Gasteiger partial charge < -0.3 is 0 Å². The van der Waals surface area contributed by atoms with Crippen LogP contribution in [0, 0.1) is 0 Å². The zero-order valence-corrected chi connectivity index (χ0v) is 21.5. The summed E-state index contributed by atoms with van der Waals surface area (Å²) in [7, 11) is -2.90. The van der Waals surface area contributed by atoms with E-state index in [0.29, 0.717) is 41.8 Å². The van der Waals surface area contributed by atoms with Crippen LogP contribution in [-0.2, 0) is 21.6 Å². The molecule has 0 aliphatic carbocycles. The Morgan fingerprint density at radius 3 is 1.24 bits per heavy atom. The van der Waals surface area contributed by atoms with Crippen LogP contribution in [0.1, 0.15) is 31.8 Å². The topological polar surface area (TPSA) is 68.3 Å². The van der Waals surface area contributed by atoms with Crippen LogP contribution >= 0.6 is 0 Å². The van der Waals surface area contributed by atoms with Gasteiger partial charge in [0.1, 0.15) is 0 Å². The molecule has 0 fully saturated rings. The molecule has 2 heterocycles. The maximum Gasteiger partial charge on any atom is 0.195 e. The van der Waals surface area contributed by atoms with Crippen molar-refractivity contribution in [2.45, 2.75) is 19.6 Å². The van der Waals surface area contributed by atoms with Crippen LogP contribution in [0.5, 0.6) is 0 Å². The fourth-order valence-electron chi connectivity index (χ4n) is 5.12. The van der Waals surface area contributed by atoms with E-state index in [-0.39, 0.29) is 11.6 Å². The second kappa shape index (κ2) is 8.65. The molecule has 0 saturated carbocycles. The van der Waals surface area contributed by atoms with Gasteiger partial charge in [-0.05, 0) is 76.9 Å². The number of ketones is 2. The maximum atomic E-state index is 13.3. The third kappa shape index (κ3) is 3.41.